The van der Waals surface area contributed by atoms with E-state index in [4.69, 9.17) is 23.2 Å². The number of para-hydroxylation sites is 1. The third kappa shape index (κ3) is 5.97. The highest BCUT2D eigenvalue weighted by Crippen LogP contribution is 2.26. The largest absolute Gasteiger partial charge is 0.352 e. The quantitative estimate of drug-likeness (QED) is 0.628. The number of halogens is 2. The van der Waals surface area contributed by atoms with Crippen LogP contribution in [0.5, 0.6) is 0 Å². The van der Waals surface area contributed by atoms with E-state index in [0.717, 1.165) is 44.5 Å². The number of hydrogen-bond donors (Lipinski definition) is 2. The number of amides is 2. The summed E-state index contributed by atoms with van der Waals surface area (Å²) in [4.78, 5) is 27.5. The molecule has 0 aliphatic carbocycles. The van der Waals surface area contributed by atoms with Crippen molar-refractivity contribution in [3.05, 3.63) is 63.6 Å². The average molecular weight is 448 g/mol. The van der Waals surface area contributed by atoms with E-state index in [1.807, 2.05) is 25.1 Å². The Morgan fingerprint density at radius 2 is 1.83 bits per heavy atom. The SMILES string of the molecule is CCCNC(=O)c1ccccc1NC(=O)C1CCN(Cc2ccc(Cl)cc2Cl)CC1. The number of nitrogens with zero attached hydrogens (tertiary/aromatic N) is 1. The molecular weight excluding hydrogens is 421 g/mol. The van der Waals surface area contributed by atoms with Crippen LogP contribution >= 0.6 is 23.2 Å². The van der Waals surface area contributed by atoms with E-state index in [9.17, 15) is 9.59 Å². The van der Waals surface area contributed by atoms with Crippen LogP contribution in [0.1, 0.15) is 42.1 Å². The third-order valence-corrected chi connectivity index (χ3v) is 5.92. The molecule has 160 valence electrons. The van der Waals surface area contributed by atoms with Gasteiger partial charge in [0.05, 0.1) is 11.3 Å². The second-order valence-corrected chi connectivity index (χ2v) is 8.42. The molecule has 3 rings (SSSR count). The van der Waals surface area contributed by atoms with Crippen molar-refractivity contribution in [2.24, 2.45) is 5.92 Å². The smallest absolute Gasteiger partial charge is 0.253 e. The van der Waals surface area contributed by atoms with Gasteiger partial charge in [0.1, 0.15) is 0 Å². The summed E-state index contributed by atoms with van der Waals surface area (Å²) in [7, 11) is 0. The van der Waals surface area contributed by atoms with E-state index in [-0.39, 0.29) is 17.7 Å². The molecule has 0 aromatic heterocycles. The molecule has 30 heavy (non-hydrogen) atoms. The van der Waals surface area contributed by atoms with E-state index in [2.05, 4.69) is 15.5 Å². The third-order valence-electron chi connectivity index (χ3n) is 5.33. The van der Waals surface area contributed by atoms with E-state index in [1.54, 1.807) is 24.3 Å². The Morgan fingerprint density at radius 1 is 1.10 bits per heavy atom. The zero-order valence-corrected chi connectivity index (χ0v) is 18.6. The van der Waals surface area contributed by atoms with E-state index in [1.165, 1.54) is 0 Å². The molecule has 2 amide bonds. The summed E-state index contributed by atoms with van der Waals surface area (Å²) in [5.74, 6) is -0.272. The summed E-state index contributed by atoms with van der Waals surface area (Å²) in [5, 5.41) is 7.12. The highest BCUT2D eigenvalue weighted by atomic mass is 35.5. The Balaban J connectivity index is 1.55. The van der Waals surface area contributed by atoms with Crippen molar-refractivity contribution in [2.75, 3.05) is 25.0 Å². The van der Waals surface area contributed by atoms with Crippen LogP contribution in [-0.4, -0.2) is 36.3 Å². The first kappa shape index (κ1) is 22.6. The van der Waals surface area contributed by atoms with Gasteiger partial charge in [0.2, 0.25) is 5.91 Å². The first-order valence-corrected chi connectivity index (χ1v) is 11.1. The minimum absolute atomic E-state index is 0.0325. The average Bonchev–Trinajstić information content (AvgIpc) is 2.75. The van der Waals surface area contributed by atoms with Crippen molar-refractivity contribution in [1.29, 1.82) is 0 Å². The van der Waals surface area contributed by atoms with Crippen molar-refractivity contribution in [2.45, 2.75) is 32.7 Å². The van der Waals surface area contributed by atoms with Gasteiger partial charge >= 0.3 is 0 Å². The second kappa shape index (κ2) is 10.8. The predicted molar refractivity (Wildman–Crippen MR) is 122 cm³/mol. The number of benzene rings is 2. The van der Waals surface area contributed by atoms with Crippen LogP contribution in [0.3, 0.4) is 0 Å². The first-order chi connectivity index (χ1) is 14.5. The number of rotatable bonds is 7. The van der Waals surface area contributed by atoms with Gasteiger partial charge in [-0.05, 0) is 62.2 Å². The molecule has 0 radical (unpaired) electrons. The summed E-state index contributed by atoms with van der Waals surface area (Å²) in [6.45, 7) is 4.98. The Kier molecular flexibility index (Phi) is 8.14. The summed E-state index contributed by atoms with van der Waals surface area (Å²) in [6, 6.07) is 12.7. The molecule has 1 heterocycles. The number of carbonyl (C=O) groups excluding carboxylic acids is 2. The second-order valence-electron chi connectivity index (χ2n) is 7.58. The van der Waals surface area contributed by atoms with Gasteiger partial charge in [-0.3, -0.25) is 14.5 Å². The van der Waals surface area contributed by atoms with Gasteiger partial charge in [0.25, 0.3) is 5.91 Å². The molecular formula is C23H27Cl2N3O2. The van der Waals surface area contributed by atoms with Crippen LogP contribution < -0.4 is 10.6 Å². The van der Waals surface area contributed by atoms with Gasteiger partial charge in [-0.2, -0.15) is 0 Å². The standard InChI is InChI=1S/C23H27Cl2N3O2/c1-2-11-26-23(30)19-5-3-4-6-21(19)27-22(29)16-9-12-28(13-10-16)15-17-7-8-18(24)14-20(17)25/h3-8,14,16H,2,9-13,15H2,1H3,(H,26,30)(H,27,29). The van der Waals surface area contributed by atoms with Crippen LogP contribution in [0, 0.1) is 5.92 Å². The van der Waals surface area contributed by atoms with Crippen molar-refractivity contribution in [1.82, 2.24) is 10.2 Å². The van der Waals surface area contributed by atoms with Crippen LogP contribution in [0.15, 0.2) is 42.5 Å². The Bertz CT molecular complexity index is 896. The molecule has 1 aliphatic rings. The van der Waals surface area contributed by atoms with Crippen LogP contribution in [0.25, 0.3) is 0 Å². The highest BCUT2D eigenvalue weighted by molar-refractivity contribution is 6.35. The molecule has 1 fully saturated rings. The molecule has 0 unspecified atom stereocenters. The number of anilines is 1. The zero-order chi connectivity index (χ0) is 21.5. The fourth-order valence-electron chi connectivity index (χ4n) is 3.60. The zero-order valence-electron chi connectivity index (χ0n) is 17.1. The van der Waals surface area contributed by atoms with Crippen LogP contribution in [0.4, 0.5) is 5.69 Å². The number of hydrogen-bond acceptors (Lipinski definition) is 3. The molecule has 0 saturated carbocycles. The van der Waals surface area contributed by atoms with Gasteiger partial charge in [0.15, 0.2) is 0 Å². The fraction of sp³-hybridized carbons (Fsp3) is 0.391. The van der Waals surface area contributed by atoms with E-state index >= 15 is 0 Å². The lowest BCUT2D eigenvalue weighted by Crippen LogP contribution is -2.38. The monoisotopic (exact) mass is 447 g/mol. The Morgan fingerprint density at radius 3 is 2.53 bits per heavy atom. The maximum atomic E-state index is 12.8. The number of nitrogens with one attached hydrogen (secondary N) is 2. The normalized spacial score (nSPS) is 15.0. The molecule has 0 bridgehead atoms. The van der Waals surface area contributed by atoms with Gasteiger partial charge in [0, 0.05) is 29.1 Å². The molecule has 2 aromatic rings. The molecule has 0 spiro atoms. The van der Waals surface area contributed by atoms with Gasteiger partial charge in [-0.15, -0.1) is 0 Å². The fourth-order valence-corrected chi connectivity index (χ4v) is 4.07. The van der Waals surface area contributed by atoms with Gasteiger partial charge in [-0.1, -0.05) is 48.3 Å². The molecule has 7 heteroatoms. The lowest BCUT2D eigenvalue weighted by Gasteiger charge is -2.31. The number of piperidine rings is 1. The van der Waals surface area contributed by atoms with Crippen LogP contribution in [0.2, 0.25) is 10.0 Å². The Hall–Kier alpha value is -2.08. The lowest BCUT2D eigenvalue weighted by atomic mass is 9.95. The first-order valence-electron chi connectivity index (χ1n) is 10.3. The van der Waals surface area contributed by atoms with Crippen molar-refractivity contribution in [3.8, 4) is 0 Å². The number of likely N-dealkylation sites (tertiary alicyclic amines) is 1. The lowest BCUT2D eigenvalue weighted by molar-refractivity contribution is -0.121. The molecule has 5 nitrogen and oxygen atoms in total. The molecule has 0 atom stereocenters. The van der Waals surface area contributed by atoms with Crippen LogP contribution in [-0.2, 0) is 11.3 Å². The number of carbonyl (C=O) groups is 2. The minimum atomic E-state index is -0.164. The van der Waals surface area contributed by atoms with E-state index < -0.39 is 0 Å². The maximum absolute atomic E-state index is 12.8. The summed E-state index contributed by atoms with van der Waals surface area (Å²) in [6.07, 6.45) is 2.39. The van der Waals surface area contributed by atoms with Gasteiger partial charge in [-0.25, -0.2) is 0 Å². The van der Waals surface area contributed by atoms with Crippen molar-refractivity contribution < 1.29 is 9.59 Å². The predicted octanol–water partition coefficient (Wildman–Crippen LogP) is 4.98. The van der Waals surface area contributed by atoms with Gasteiger partial charge < -0.3 is 10.6 Å². The summed E-state index contributed by atoms with van der Waals surface area (Å²) < 4.78 is 0. The molecule has 1 saturated heterocycles. The topological polar surface area (TPSA) is 61.4 Å². The molecule has 1 aliphatic heterocycles. The van der Waals surface area contributed by atoms with Crippen molar-refractivity contribution >= 4 is 40.7 Å². The summed E-state index contributed by atoms with van der Waals surface area (Å²) >= 11 is 12.3. The van der Waals surface area contributed by atoms with E-state index in [0.29, 0.717) is 27.8 Å². The minimum Gasteiger partial charge on any atom is -0.352 e. The molecule has 2 N–H and O–H groups in total. The highest BCUT2D eigenvalue weighted by Gasteiger charge is 2.26. The maximum Gasteiger partial charge on any atom is 0.253 e. The molecule has 2 aromatic carbocycles. The summed E-state index contributed by atoms with van der Waals surface area (Å²) in [5.41, 5.74) is 2.09. The Labute approximate surface area is 187 Å². The van der Waals surface area contributed by atoms with Crippen molar-refractivity contribution in [3.63, 3.8) is 0 Å².